The van der Waals surface area contributed by atoms with Gasteiger partial charge in [-0.05, 0) is 55.0 Å². The lowest BCUT2D eigenvalue weighted by atomic mass is 9.89. The van der Waals surface area contributed by atoms with Crippen molar-refractivity contribution in [1.29, 1.82) is 5.26 Å². The average molecular weight is 344 g/mol. The van der Waals surface area contributed by atoms with Crippen molar-refractivity contribution in [2.75, 3.05) is 11.9 Å². The van der Waals surface area contributed by atoms with E-state index in [9.17, 15) is 14.4 Å². The highest BCUT2D eigenvalue weighted by molar-refractivity contribution is 7.16. The molecule has 1 amide bonds. The highest BCUT2D eigenvalue weighted by Crippen LogP contribution is 2.39. The zero-order chi connectivity index (χ0) is 17.1. The van der Waals surface area contributed by atoms with E-state index >= 15 is 0 Å². The highest BCUT2D eigenvalue weighted by Gasteiger charge is 2.24. The number of nitrogens with one attached hydrogen (secondary N) is 1. The van der Waals surface area contributed by atoms with E-state index < -0.39 is 0 Å². The van der Waals surface area contributed by atoms with Gasteiger partial charge in [-0.25, -0.2) is 4.39 Å². The van der Waals surface area contributed by atoms with Crippen LogP contribution in [0.1, 0.15) is 29.3 Å². The van der Waals surface area contributed by atoms with Crippen molar-refractivity contribution >= 4 is 22.2 Å². The van der Waals surface area contributed by atoms with Crippen molar-refractivity contribution in [3.05, 3.63) is 46.1 Å². The SMILES string of the molecule is C[C@H]1CCc2c(sc(NC(=O)COc3ccc(F)cc3)c2C#N)C1. The Labute approximate surface area is 143 Å². The first-order chi connectivity index (χ1) is 11.6. The van der Waals surface area contributed by atoms with Crippen LogP contribution in [0.4, 0.5) is 9.39 Å². The van der Waals surface area contributed by atoms with Gasteiger partial charge in [0.1, 0.15) is 22.6 Å². The molecule has 3 rings (SSSR count). The van der Waals surface area contributed by atoms with E-state index in [-0.39, 0.29) is 18.3 Å². The van der Waals surface area contributed by atoms with Crippen LogP contribution in [0, 0.1) is 23.1 Å². The van der Waals surface area contributed by atoms with E-state index in [1.165, 1.54) is 40.5 Å². The number of rotatable bonds is 4. The summed E-state index contributed by atoms with van der Waals surface area (Å²) in [6.45, 7) is 2.01. The van der Waals surface area contributed by atoms with Gasteiger partial charge in [0.15, 0.2) is 6.61 Å². The second kappa shape index (κ2) is 7.02. The van der Waals surface area contributed by atoms with Crippen molar-refractivity contribution in [2.45, 2.75) is 26.2 Å². The molecule has 24 heavy (non-hydrogen) atoms. The van der Waals surface area contributed by atoms with Crippen molar-refractivity contribution in [3.63, 3.8) is 0 Å². The minimum Gasteiger partial charge on any atom is -0.484 e. The molecule has 0 radical (unpaired) electrons. The molecule has 0 saturated heterocycles. The summed E-state index contributed by atoms with van der Waals surface area (Å²) < 4.78 is 18.2. The molecule has 2 aromatic rings. The summed E-state index contributed by atoms with van der Waals surface area (Å²) in [5.74, 6) is 0.339. The monoisotopic (exact) mass is 344 g/mol. The lowest BCUT2D eigenvalue weighted by Crippen LogP contribution is -2.20. The van der Waals surface area contributed by atoms with E-state index in [1.54, 1.807) is 0 Å². The van der Waals surface area contributed by atoms with E-state index in [0.29, 0.717) is 22.2 Å². The van der Waals surface area contributed by atoms with Gasteiger partial charge in [-0.2, -0.15) is 5.26 Å². The lowest BCUT2D eigenvalue weighted by Gasteiger charge is -2.17. The number of hydrogen-bond donors (Lipinski definition) is 1. The molecule has 4 nitrogen and oxygen atoms in total. The minimum absolute atomic E-state index is 0.185. The molecular formula is C18H17FN2O2S. The molecule has 1 heterocycles. The number of benzene rings is 1. The molecule has 1 atom stereocenters. The van der Waals surface area contributed by atoms with Crippen molar-refractivity contribution < 1.29 is 13.9 Å². The summed E-state index contributed by atoms with van der Waals surface area (Å²) in [4.78, 5) is 13.3. The van der Waals surface area contributed by atoms with Crippen LogP contribution in [0.5, 0.6) is 5.75 Å². The molecule has 0 spiro atoms. The van der Waals surface area contributed by atoms with Crippen LogP contribution in [0.15, 0.2) is 24.3 Å². The number of hydrogen-bond acceptors (Lipinski definition) is 4. The zero-order valence-electron chi connectivity index (χ0n) is 13.3. The number of carbonyl (C=O) groups is 1. The van der Waals surface area contributed by atoms with Gasteiger partial charge < -0.3 is 10.1 Å². The second-order valence-corrected chi connectivity index (χ2v) is 7.06. The van der Waals surface area contributed by atoms with Gasteiger partial charge in [0.25, 0.3) is 5.91 Å². The number of nitrogens with zero attached hydrogens (tertiary/aromatic N) is 1. The second-order valence-electron chi connectivity index (χ2n) is 5.96. The molecule has 6 heteroatoms. The summed E-state index contributed by atoms with van der Waals surface area (Å²) in [6, 6.07) is 7.70. The maximum atomic E-state index is 12.8. The van der Waals surface area contributed by atoms with Gasteiger partial charge in [0.2, 0.25) is 0 Å². The minimum atomic E-state index is -0.358. The summed E-state index contributed by atoms with van der Waals surface area (Å²) in [6.07, 6.45) is 2.91. The molecule has 1 aliphatic rings. The summed E-state index contributed by atoms with van der Waals surface area (Å²) in [7, 11) is 0. The third-order valence-corrected chi connectivity index (χ3v) is 5.23. The molecule has 1 aromatic carbocycles. The number of amides is 1. The molecule has 1 aliphatic carbocycles. The van der Waals surface area contributed by atoms with Crippen LogP contribution >= 0.6 is 11.3 Å². The maximum absolute atomic E-state index is 12.8. The predicted octanol–water partition coefficient (Wildman–Crippen LogP) is 3.90. The Morgan fingerprint density at radius 1 is 1.46 bits per heavy atom. The van der Waals surface area contributed by atoms with Gasteiger partial charge in [-0.3, -0.25) is 4.79 Å². The van der Waals surface area contributed by atoms with Crippen molar-refractivity contribution in [1.82, 2.24) is 0 Å². The number of carbonyl (C=O) groups excluding carboxylic acids is 1. The largest absolute Gasteiger partial charge is 0.484 e. The number of thiophene rings is 1. The van der Waals surface area contributed by atoms with E-state index in [1.807, 2.05) is 0 Å². The molecule has 1 aromatic heterocycles. The molecular weight excluding hydrogens is 327 g/mol. The van der Waals surface area contributed by atoms with E-state index in [0.717, 1.165) is 24.8 Å². The van der Waals surface area contributed by atoms with Crippen LogP contribution in [0.3, 0.4) is 0 Å². The molecule has 0 saturated carbocycles. The van der Waals surface area contributed by atoms with E-state index in [4.69, 9.17) is 4.74 Å². The molecule has 0 bridgehead atoms. The Morgan fingerprint density at radius 2 is 2.21 bits per heavy atom. The predicted molar refractivity (Wildman–Crippen MR) is 90.7 cm³/mol. The smallest absolute Gasteiger partial charge is 0.262 e. The number of fused-ring (bicyclic) bond motifs is 1. The number of anilines is 1. The average Bonchev–Trinajstić information content (AvgIpc) is 2.90. The van der Waals surface area contributed by atoms with Gasteiger partial charge in [0.05, 0.1) is 5.56 Å². The van der Waals surface area contributed by atoms with Gasteiger partial charge >= 0.3 is 0 Å². The fourth-order valence-corrected chi connectivity index (χ4v) is 4.18. The van der Waals surface area contributed by atoms with Gasteiger partial charge in [0, 0.05) is 4.88 Å². The molecule has 0 unspecified atom stereocenters. The van der Waals surface area contributed by atoms with Crippen LogP contribution in [-0.4, -0.2) is 12.5 Å². The third kappa shape index (κ3) is 3.57. The van der Waals surface area contributed by atoms with Crippen molar-refractivity contribution in [2.24, 2.45) is 5.92 Å². The maximum Gasteiger partial charge on any atom is 0.262 e. The van der Waals surface area contributed by atoms with Gasteiger partial charge in [-0.15, -0.1) is 11.3 Å². The fourth-order valence-electron chi connectivity index (χ4n) is 2.80. The fraction of sp³-hybridized carbons (Fsp3) is 0.333. The van der Waals surface area contributed by atoms with Crippen molar-refractivity contribution in [3.8, 4) is 11.8 Å². The Hall–Kier alpha value is -2.39. The molecule has 0 aliphatic heterocycles. The third-order valence-electron chi connectivity index (χ3n) is 4.06. The zero-order valence-corrected chi connectivity index (χ0v) is 14.1. The Morgan fingerprint density at radius 3 is 2.92 bits per heavy atom. The Bertz CT molecular complexity index is 793. The summed E-state index contributed by atoms with van der Waals surface area (Å²) in [5.41, 5.74) is 1.66. The quantitative estimate of drug-likeness (QED) is 0.915. The first-order valence-electron chi connectivity index (χ1n) is 7.79. The number of halogens is 1. The normalized spacial score (nSPS) is 16.1. The Balaban J connectivity index is 1.66. The van der Waals surface area contributed by atoms with Gasteiger partial charge in [-0.1, -0.05) is 6.92 Å². The number of nitriles is 1. The first kappa shape index (κ1) is 16.5. The standard InChI is InChI=1S/C18H17FN2O2S/c1-11-2-7-14-15(9-20)18(24-16(14)8-11)21-17(22)10-23-13-5-3-12(19)4-6-13/h3-6,11H,2,7-8,10H2,1H3,(H,21,22)/t11-/m0/s1. The van der Waals surface area contributed by atoms with Crippen LogP contribution in [-0.2, 0) is 17.6 Å². The molecule has 124 valence electrons. The lowest BCUT2D eigenvalue weighted by molar-refractivity contribution is -0.118. The van der Waals surface area contributed by atoms with Crippen LogP contribution in [0.2, 0.25) is 0 Å². The Kier molecular flexibility index (Phi) is 4.81. The highest BCUT2D eigenvalue weighted by atomic mass is 32.1. The molecule has 1 N–H and O–H groups in total. The summed E-state index contributed by atoms with van der Waals surface area (Å²) in [5, 5.41) is 12.8. The van der Waals surface area contributed by atoms with Crippen LogP contribution < -0.4 is 10.1 Å². The van der Waals surface area contributed by atoms with E-state index in [2.05, 4.69) is 18.3 Å². The molecule has 0 fully saturated rings. The summed E-state index contributed by atoms with van der Waals surface area (Å²) >= 11 is 1.48. The first-order valence-corrected chi connectivity index (χ1v) is 8.61. The van der Waals surface area contributed by atoms with Crippen LogP contribution in [0.25, 0.3) is 0 Å². The topological polar surface area (TPSA) is 62.1 Å². The number of ether oxygens (including phenoxy) is 1.